The molecule has 6 aromatic rings. The summed E-state index contributed by atoms with van der Waals surface area (Å²) in [6.07, 6.45) is 4.96. The highest BCUT2D eigenvalue weighted by atomic mass is 16.5. The molecule has 8 heteroatoms. The standard InChI is InChI=1S/C24H22N2O2.C13H12N2.C11H12O2/c1-2-28-24(27)21-22(18-12-6-3-7-13-18)25-26(20-16-10-5-11-17-20)23(21)19-14-8-4-9-15-19;1-3-7-12(8-4-1)11-14-15-13-9-5-2-6-10-13;1-2-13-11(12)9-8-10-6-4-3-5-7-10/h3-17,21,23H,2H2,1H3;1-11,15H;3-9H,2H2,1H3/b;14-11+;9-8-. The van der Waals surface area contributed by atoms with E-state index in [0.717, 1.165) is 39.3 Å². The number of nitrogens with zero attached hydrogens (tertiary/aromatic N) is 3. The molecule has 0 fully saturated rings. The molecular weight excluding hydrogens is 697 g/mol. The second kappa shape index (κ2) is 22.2. The Morgan fingerprint density at radius 3 is 1.71 bits per heavy atom. The van der Waals surface area contributed by atoms with Crippen LogP contribution in [-0.4, -0.2) is 37.1 Å². The first-order valence-electron chi connectivity index (χ1n) is 18.6. The Labute approximate surface area is 329 Å². The fourth-order valence-corrected chi connectivity index (χ4v) is 5.78. The lowest BCUT2D eigenvalue weighted by Gasteiger charge is -2.27. The van der Waals surface area contributed by atoms with Crippen LogP contribution < -0.4 is 10.4 Å². The molecule has 1 heterocycles. The van der Waals surface area contributed by atoms with Gasteiger partial charge in [0.1, 0.15) is 5.92 Å². The number of hydrogen-bond donors (Lipinski definition) is 1. The van der Waals surface area contributed by atoms with Crippen molar-refractivity contribution in [1.29, 1.82) is 0 Å². The quantitative estimate of drug-likeness (QED) is 0.0615. The summed E-state index contributed by atoms with van der Waals surface area (Å²) in [4.78, 5) is 24.0. The predicted molar refractivity (Wildman–Crippen MR) is 227 cm³/mol. The SMILES string of the molecule is C(=N\Nc1ccccc1)/c1ccccc1.CCOC(=O)/C=C\c1ccccc1.CCOC(=O)C1C(c2ccccc2)=NN(c2ccccc2)C1c1ccccc1. The van der Waals surface area contributed by atoms with Gasteiger partial charge in [0, 0.05) is 6.08 Å². The molecule has 0 bridgehead atoms. The van der Waals surface area contributed by atoms with Crippen LogP contribution in [0.1, 0.15) is 42.1 Å². The van der Waals surface area contributed by atoms with Gasteiger partial charge in [0.15, 0.2) is 0 Å². The zero-order chi connectivity index (χ0) is 39.2. The lowest BCUT2D eigenvalue weighted by Crippen LogP contribution is -2.33. The molecule has 2 atom stereocenters. The van der Waals surface area contributed by atoms with E-state index in [9.17, 15) is 9.59 Å². The number of hydrogen-bond acceptors (Lipinski definition) is 8. The minimum Gasteiger partial charge on any atom is -0.465 e. The van der Waals surface area contributed by atoms with Gasteiger partial charge >= 0.3 is 11.9 Å². The van der Waals surface area contributed by atoms with Crippen LogP contribution in [0, 0.1) is 5.92 Å². The second-order valence-electron chi connectivity index (χ2n) is 12.3. The second-order valence-corrected chi connectivity index (χ2v) is 12.3. The minimum atomic E-state index is -0.509. The Bertz CT molecular complexity index is 2130. The third kappa shape index (κ3) is 12.2. The van der Waals surface area contributed by atoms with Crippen LogP contribution in [0.15, 0.2) is 198 Å². The summed E-state index contributed by atoms with van der Waals surface area (Å²) in [6.45, 7) is 4.37. The Hall–Kier alpha value is -7.06. The molecule has 6 aromatic carbocycles. The molecule has 8 nitrogen and oxygen atoms in total. The molecule has 1 N–H and O–H groups in total. The van der Waals surface area contributed by atoms with Crippen LogP contribution in [0.5, 0.6) is 0 Å². The molecule has 0 saturated carbocycles. The van der Waals surface area contributed by atoms with Gasteiger partial charge in [0.05, 0.1) is 42.6 Å². The van der Waals surface area contributed by atoms with E-state index < -0.39 is 5.92 Å². The topological polar surface area (TPSA) is 92.6 Å². The molecule has 7 rings (SSSR count). The van der Waals surface area contributed by atoms with Crippen molar-refractivity contribution in [1.82, 2.24) is 0 Å². The van der Waals surface area contributed by atoms with E-state index in [0.29, 0.717) is 13.2 Å². The summed E-state index contributed by atoms with van der Waals surface area (Å²) >= 11 is 0. The van der Waals surface area contributed by atoms with Crippen LogP contribution >= 0.6 is 0 Å². The molecule has 0 radical (unpaired) electrons. The molecule has 56 heavy (non-hydrogen) atoms. The number of nitrogens with one attached hydrogen (secondary N) is 1. The van der Waals surface area contributed by atoms with E-state index in [4.69, 9.17) is 14.6 Å². The summed E-state index contributed by atoms with van der Waals surface area (Å²) in [5, 5.41) is 11.0. The van der Waals surface area contributed by atoms with Gasteiger partial charge in [-0.2, -0.15) is 10.2 Å². The maximum absolute atomic E-state index is 13.1. The molecular formula is C48H46N4O4. The van der Waals surface area contributed by atoms with Crippen molar-refractivity contribution in [2.24, 2.45) is 16.1 Å². The summed E-state index contributed by atoms with van der Waals surface area (Å²) in [6, 6.07) is 59.1. The van der Waals surface area contributed by atoms with Crippen molar-refractivity contribution in [2.75, 3.05) is 23.6 Å². The molecule has 0 aliphatic carbocycles. The third-order valence-corrected chi connectivity index (χ3v) is 8.34. The van der Waals surface area contributed by atoms with Crippen LogP contribution in [0.2, 0.25) is 0 Å². The normalized spacial score (nSPS) is 14.5. The molecule has 1 aliphatic heterocycles. The Morgan fingerprint density at radius 1 is 0.643 bits per heavy atom. The van der Waals surface area contributed by atoms with Crippen molar-refractivity contribution in [3.63, 3.8) is 0 Å². The molecule has 0 spiro atoms. The number of ether oxygens (including phenoxy) is 2. The summed E-state index contributed by atoms with van der Waals surface area (Å²) < 4.78 is 10.2. The van der Waals surface area contributed by atoms with E-state index in [-0.39, 0.29) is 18.0 Å². The zero-order valence-corrected chi connectivity index (χ0v) is 31.6. The van der Waals surface area contributed by atoms with Crippen molar-refractivity contribution >= 4 is 41.3 Å². The fourth-order valence-electron chi connectivity index (χ4n) is 5.78. The Kier molecular flexibility index (Phi) is 15.9. The van der Waals surface area contributed by atoms with E-state index in [1.54, 1.807) is 19.2 Å². The minimum absolute atomic E-state index is 0.252. The summed E-state index contributed by atoms with van der Waals surface area (Å²) in [5.74, 6) is -1.06. The van der Waals surface area contributed by atoms with E-state index in [1.807, 2.05) is 194 Å². The number of para-hydroxylation sites is 2. The number of carbonyl (C=O) groups is 2. The number of hydrazone groups is 2. The highest BCUT2D eigenvalue weighted by Crippen LogP contribution is 2.41. The first kappa shape index (κ1) is 40.1. The Morgan fingerprint density at radius 2 is 1.14 bits per heavy atom. The highest BCUT2D eigenvalue weighted by molar-refractivity contribution is 6.14. The monoisotopic (exact) mass is 742 g/mol. The van der Waals surface area contributed by atoms with Crippen molar-refractivity contribution < 1.29 is 19.1 Å². The number of anilines is 2. The van der Waals surface area contributed by atoms with Crippen LogP contribution in [0.4, 0.5) is 11.4 Å². The zero-order valence-electron chi connectivity index (χ0n) is 31.6. The maximum Gasteiger partial charge on any atom is 0.330 e. The van der Waals surface area contributed by atoms with Gasteiger partial charge in [0.25, 0.3) is 0 Å². The summed E-state index contributed by atoms with van der Waals surface area (Å²) in [5.41, 5.74) is 9.66. The van der Waals surface area contributed by atoms with Gasteiger partial charge < -0.3 is 9.47 Å². The van der Waals surface area contributed by atoms with Crippen molar-refractivity contribution in [3.05, 3.63) is 210 Å². The van der Waals surface area contributed by atoms with Crippen LogP contribution in [0.25, 0.3) is 6.08 Å². The largest absolute Gasteiger partial charge is 0.465 e. The van der Waals surface area contributed by atoms with E-state index >= 15 is 0 Å². The van der Waals surface area contributed by atoms with E-state index in [2.05, 4.69) is 10.5 Å². The fraction of sp³-hybridized carbons (Fsp3) is 0.125. The number of benzene rings is 6. The smallest absolute Gasteiger partial charge is 0.330 e. The summed E-state index contributed by atoms with van der Waals surface area (Å²) in [7, 11) is 0. The van der Waals surface area contributed by atoms with Crippen LogP contribution in [0.3, 0.4) is 0 Å². The first-order chi connectivity index (χ1) is 27.6. The third-order valence-electron chi connectivity index (χ3n) is 8.34. The Balaban J connectivity index is 0.000000180. The van der Waals surface area contributed by atoms with Gasteiger partial charge in [-0.3, -0.25) is 15.2 Å². The van der Waals surface area contributed by atoms with Gasteiger partial charge in [-0.1, -0.05) is 158 Å². The number of esters is 2. The number of carbonyl (C=O) groups excluding carboxylic acids is 2. The highest BCUT2D eigenvalue weighted by Gasteiger charge is 2.45. The van der Waals surface area contributed by atoms with Crippen molar-refractivity contribution in [3.8, 4) is 0 Å². The molecule has 0 amide bonds. The lowest BCUT2D eigenvalue weighted by atomic mass is 9.87. The molecule has 0 saturated heterocycles. The van der Waals surface area contributed by atoms with Gasteiger partial charge in [0.2, 0.25) is 0 Å². The van der Waals surface area contributed by atoms with Crippen molar-refractivity contribution in [2.45, 2.75) is 19.9 Å². The van der Waals surface area contributed by atoms with Gasteiger partial charge in [-0.25, -0.2) is 4.79 Å². The molecule has 1 aliphatic rings. The van der Waals surface area contributed by atoms with Crippen LogP contribution in [-0.2, 0) is 19.1 Å². The van der Waals surface area contributed by atoms with Gasteiger partial charge in [-0.05, 0) is 66.4 Å². The predicted octanol–water partition coefficient (Wildman–Crippen LogP) is 10.2. The number of rotatable bonds is 11. The molecule has 2 unspecified atom stereocenters. The average Bonchev–Trinajstić information content (AvgIpc) is 3.67. The lowest BCUT2D eigenvalue weighted by molar-refractivity contribution is -0.146. The van der Waals surface area contributed by atoms with E-state index in [1.165, 1.54) is 6.08 Å². The maximum atomic E-state index is 13.1. The van der Waals surface area contributed by atoms with Gasteiger partial charge in [-0.15, -0.1) is 0 Å². The first-order valence-corrected chi connectivity index (χ1v) is 18.6. The molecule has 282 valence electrons. The average molecular weight is 743 g/mol. The molecule has 0 aromatic heterocycles.